The number of hydrogen-bond donors (Lipinski definition) is 0. The van der Waals surface area contributed by atoms with E-state index in [-0.39, 0.29) is 30.2 Å². The first-order chi connectivity index (χ1) is 11.3. The minimum Gasteiger partial charge on any atom is -0.458 e. The standard InChI is InChI=1S/C14H14N4O6/c1-9-7-11(3-4-12(9)17(20)21)14(19)24-6-5-16-10(2)15-8-13(16)18(22)23/h3-4,7-8H,5-6H2,1-2H3. The Morgan fingerprint density at radius 2 is 1.96 bits per heavy atom. The number of benzene rings is 1. The number of aromatic nitrogens is 2. The minimum atomic E-state index is -0.659. The number of carbonyl (C=O) groups excluding carboxylic acids is 1. The van der Waals surface area contributed by atoms with Crippen LogP contribution in [0.25, 0.3) is 0 Å². The molecule has 0 N–H and O–H groups in total. The van der Waals surface area contributed by atoms with Crippen molar-refractivity contribution in [3.8, 4) is 0 Å². The summed E-state index contributed by atoms with van der Waals surface area (Å²) in [5.74, 6) is -0.410. The Morgan fingerprint density at radius 3 is 2.54 bits per heavy atom. The third-order valence-electron chi connectivity index (χ3n) is 3.40. The van der Waals surface area contributed by atoms with Crippen molar-refractivity contribution in [2.45, 2.75) is 20.4 Å². The number of nitro benzene ring substituents is 1. The average Bonchev–Trinajstić information content (AvgIpc) is 2.88. The van der Waals surface area contributed by atoms with Crippen LogP contribution in [-0.4, -0.2) is 32.0 Å². The van der Waals surface area contributed by atoms with E-state index in [0.29, 0.717) is 11.4 Å². The normalized spacial score (nSPS) is 10.4. The number of ether oxygens (including phenoxy) is 1. The van der Waals surface area contributed by atoms with Crippen LogP contribution in [-0.2, 0) is 11.3 Å². The van der Waals surface area contributed by atoms with E-state index < -0.39 is 15.8 Å². The molecule has 0 radical (unpaired) electrons. The van der Waals surface area contributed by atoms with Gasteiger partial charge in [-0.1, -0.05) is 0 Å². The molecule has 0 aliphatic heterocycles. The first-order valence-electron chi connectivity index (χ1n) is 6.90. The van der Waals surface area contributed by atoms with Crippen LogP contribution < -0.4 is 0 Å². The molecule has 0 unspecified atom stereocenters. The number of aryl methyl sites for hydroxylation is 2. The monoisotopic (exact) mass is 334 g/mol. The molecule has 24 heavy (non-hydrogen) atoms. The zero-order valence-electron chi connectivity index (χ0n) is 13.0. The van der Waals surface area contributed by atoms with Crippen LogP contribution in [0.5, 0.6) is 0 Å². The topological polar surface area (TPSA) is 130 Å². The first kappa shape index (κ1) is 17.1. The molecule has 0 aliphatic carbocycles. The molecule has 0 aliphatic rings. The molecule has 0 saturated heterocycles. The summed E-state index contributed by atoms with van der Waals surface area (Å²) in [4.78, 5) is 36.3. The molecule has 10 heteroatoms. The van der Waals surface area contributed by atoms with Crippen molar-refractivity contribution in [3.63, 3.8) is 0 Å². The lowest BCUT2D eigenvalue weighted by molar-refractivity contribution is -0.392. The average molecular weight is 334 g/mol. The Labute approximate surface area is 136 Å². The van der Waals surface area contributed by atoms with Crippen LogP contribution in [0.4, 0.5) is 11.5 Å². The first-order valence-corrected chi connectivity index (χ1v) is 6.90. The predicted octanol–water partition coefficient (Wildman–Crippen LogP) is 2.17. The maximum absolute atomic E-state index is 12.0. The molecule has 126 valence electrons. The van der Waals surface area contributed by atoms with Crippen LogP contribution in [0, 0.1) is 34.1 Å². The predicted molar refractivity (Wildman–Crippen MR) is 81.7 cm³/mol. The molecule has 0 fully saturated rings. The molecule has 1 heterocycles. The number of esters is 1. The summed E-state index contributed by atoms with van der Waals surface area (Å²) >= 11 is 0. The van der Waals surface area contributed by atoms with Gasteiger partial charge in [-0.25, -0.2) is 14.3 Å². The van der Waals surface area contributed by atoms with Crippen molar-refractivity contribution in [2.24, 2.45) is 0 Å². The molecule has 0 amide bonds. The fourth-order valence-electron chi connectivity index (χ4n) is 2.18. The third-order valence-corrected chi connectivity index (χ3v) is 3.40. The molecule has 2 aromatic rings. The highest BCUT2D eigenvalue weighted by Gasteiger charge is 2.18. The van der Waals surface area contributed by atoms with E-state index in [1.165, 1.54) is 29.7 Å². The number of hydrogen-bond acceptors (Lipinski definition) is 7. The summed E-state index contributed by atoms with van der Waals surface area (Å²) in [5.41, 5.74) is 0.432. The summed E-state index contributed by atoms with van der Waals surface area (Å²) in [6.07, 6.45) is 1.14. The van der Waals surface area contributed by atoms with Crippen LogP contribution in [0.3, 0.4) is 0 Å². The van der Waals surface area contributed by atoms with Gasteiger partial charge in [0.05, 0.1) is 10.5 Å². The molecule has 0 saturated carbocycles. The smallest absolute Gasteiger partial charge is 0.342 e. The molecular formula is C14H14N4O6. The molecule has 1 aromatic heterocycles. The summed E-state index contributed by atoms with van der Waals surface area (Å²) in [6, 6.07) is 3.90. The van der Waals surface area contributed by atoms with Gasteiger partial charge in [-0.3, -0.25) is 10.1 Å². The number of rotatable bonds is 6. The highest BCUT2D eigenvalue weighted by atomic mass is 16.6. The van der Waals surface area contributed by atoms with Gasteiger partial charge in [0.1, 0.15) is 19.3 Å². The Morgan fingerprint density at radius 1 is 1.25 bits per heavy atom. The van der Waals surface area contributed by atoms with Crippen LogP contribution in [0.1, 0.15) is 21.7 Å². The maximum atomic E-state index is 12.0. The molecule has 1 aromatic carbocycles. The zero-order chi connectivity index (χ0) is 17.9. The number of nitro groups is 2. The van der Waals surface area contributed by atoms with E-state index in [1.54, 1.807) is 6.92 Å². The van der Waals surface area contributed by atoms with Gasteiger partial charge in [-0.2, -0.15) is 0 Å². The summed E-state index contributed by atoms with van der Waals surface area (Å²) in [6.45, 7) is 3.12. The lowest BCUT2D eigenvalue weighted by atomic mass is 10.1. The van der Waals surface area contributed by atoms with Crippen molar-refractivity contribution in [1.29, 1.82) is 0 Å². The Kier molecular flexibility index (Phi) is 4.87. The number of imidazole rings is 1. The zero-order valence-corrected chi connectivity index (χ0v) is 13.0. The van der Waals surface area contributed by atoms with E-state index in [2.05, 4.69) is 4.98 Å². The molecular weight excluding hydrogens is 320 g/mol. The largest absolute Gasteiger partial charge is 0.458 e. The van der Waals surface area contributed by atoms with E-state index in [4.69, 9.17) is 4.74 Å². The van der Waals surface area contributed by atoms with E-state index in [1.807, 2.05) is 0 Å². The lowest BCUT2D eigenvalue weighted by Crippen LogP contribution is -2.14. The second-order valence-electron chi connectivity index (χ2n) is 4.97. The lowest BCUT2D eigenvalue weighted by Gasteiger charge is -2.06. The Balaban J connectivity index is 2.02. The van der Waals surface area contributed by atoms with Gasteiger partial charge < -0.3 is 14.9 Å². The van der Waals surface area contributed by atoms with Gasteiger partial charge in [0.25, 0.3) is 5.69 Å². The van der Waals surface area contributed by atoms with Crippen LogP contribution in [0.15, 0.2) is 24.4 Å². The summed E-state index contributed by atoms with van der Waals surface area (Å²) in [5, 5.41) is 21.6. The van der Waals surface area contributed by atoms with Gasteiger partial charge in [0.15, 0.2) is 5.82 Å². The highest BCUT2D eigenvalue weighted by molar-refractivity contribution is 5.90. The quantitative estimate of drug-likeness (QED) is 0.449. The van der Waals surface area contributed by atoms with Crippen molar-refractivity contribution in [1.82, 2.24) is 9.55 Å². The van der Waals surface area contributed by atoms with Crippen molar-refractivity contribution in [2.75, 3.05) is 6.61 Å². The van der Waals surface area contributed by atoms with E-state index in [9.17, 15) is 25.0 Å². The summed E-state index contributed by atoms with van der Waals surface area (Å²) in [7, 11) is 0. The van der Waals surface area contributed by atoms with Crippen LogP contribution >= 0.6 is 0 Å². The number of carbonyl (C=O) groups is 1. The fraction of sp³-hybridized carbons (Fsp3) is 0.286. The Hall–Kier alpha value is -3.30. The van der Waals surface area contributed by atoms with Crippen molar-refractivity contribution >= 4 is 17.5 Å². The molecule has 0 spiro atoms. The minimum absolute atomic E-state index is 0.0832. The third kappa shape index (κ3) is 3.54. The van der Waals surface area contributed by atoms with Gasteiger partial charge in [0, 0.05) is 18.6 Å². The highest BCUT2D eigenvalue weighted by Crippen LogP contribution is 2.19. The van der Waals surface area contributed by atoms with Gasteiger partial charge >= 0.3 is 11.8 Å². The summed E-state index contributed by atoms with van der Waals surface area (Å²) < 4.78 is 6.39. The van der Waals surface area contributed by atoms with Gasteiger partial charge in [-0.05, 0) is 24.0 Å². The van der Waals surface area contributed by atoms with Crippen molar-refractivity contribution < 1.29 is 19.4 Å². The second kappa shape index (κ2) is 6.86. The van der Waals surface area contributed by atoms with E-state index in [0.717, 1.165) is 6.20 Å². The fourth-order valence-corrected chi connectivity index (χ4v) is 2.18. The second-order valence-corrected chi connectivity index (χ2v) is 4.97. The Bertz CT molecular complexity index is 814. The van der Waals surface area contributed by atoms with E-state index >= 15 is 0 Å². The molecule has 0 atom stereocenters. The van der Waals surface area contributed by atoms with Gasteiger partial charge in [-0.15, -0.1) is 0 Å². The molecule has 2 rings (SSSR count). The van der Waals surface area contributed by atoms with Crippen LogP contribution in [0.2, 0.25) is 0 Å². The maximum Gasteiger partial charge on any atom is 0.342 e. The molecule has 10 nitrogen and oxygen atoms in total. The SMILES string of the molecule is Cc1cc(C(=O)OCCn2c([N+](=O)[O-])cnc2C)ccc1[N+](=O)[O-]. The van der Waals surface area contributed by atoms with Gasteiger partial charge in [0.2, 0.25) is 0 Å². The van der Waals surface area contributed by atoms with Crippen molar-refractivity contribution in [3.05, 3.63) is 61.6 Å². The molecule has 0 bridgehead atoms. The number of nitrogens with zero attached hydrogens (tertiary/aromatic N) is 4.